The standard InChI is InChI=1S/C12H9Cl2F3N4S/c1-22-11-19-10(9(20-21-11)12(15,16)17)18-5-6-2-3-7(13)4-8(6)14/h2-4H,5H2,1H3,(H,18,19,21). The fraction of sp³-hybridized carbons (Fsp3) is 0.250. The zero-order chi connectivity index (χ0) is 16.3. The Bertz CT molecular complexity index is 682. The molecule has 10 heteroatoms. The molecule has 2 aromatic rings. The first-order valence-electron chi connectivity index (χ1n) is 5.85. The molecule has 1 N–H and O–H groups in total. The van der Waals surface area contributed by atoms with Crippen LogP contribution in [0.3, 0.4) is 0 Å². The first-order valence-corrected chi connectivity index (χ1v) is 7.83. The molecule has 0 bridgehead atoms. The molecule has 0 amide bonds. The zero-order valence-corrected chi connectivity index (χ0v) is 13.4. The molecule has 2 rings (SSSR count). The Morgan fingerprint density at radius 1 is 1.23 bits per heavy atom. The highest BCUT2D eigenvalue weighted by atomic mass is 35.5. The molecule has 0 aliphatic carbocycles. The van der Waals surface area contributed by atoms with Crippen LogP contribution in [0.25, 0.3) is 0 Å². The Balaban J connectivity index is 2.27. The second-order valence-corrected chi connectivity index (χ2v) is 5.70. The summed E-state index contributed by atoms with van der Waals surface area (Å²) in [6, 6.07) is 4.73. The van der Waals surface area contributed by atoms with Gasteiger partial charge in [-0.3, -0.25) is 0 Å². The molecule has 0 aliphatic heterocycles. The maximum Gasteiger partial charge on any atom is 0.438 e. The maximum absolute atomic E-state index is 12.9. The Kier molecular flexibility index (Phi) is 5.36. The Morgan fingerprint density at radius 2 is 1.95 bits per heavy atom. The largest absolute Gasteiger partial charge is 0.438 e. The SMILES string of the molecule is CSc1nnc(C(F)(F)F)c(NCc2ccc(Cl)cc2Cl)n1. The molecule has 0 spiro atoms. The lowest BCUT2D eigenvalue weighted by molar-refractivity contribution is -0.141. The lowest BCUT2D eigenvalue weighted by Gasteiger charge is -2.13. The quantitative estimate of drug-likeness (QED) is 0.803. The van der Waals surface area contributed by atoms with E-state index in [1.165, 1.54) is 6.07 Å². The van der Waals surface area contributed by atoms with E-state index in [2.05, 4.69) is 20.5 Å². The second-order valence-electron chi connectivity index (χ2n) is 4.08. The van der Waals surface area contributed by atoms with Crippen LogP contribution in [0.1, 0.15) is 11.3 Å². The molecular formula is C12H9Cl2F3N4S. The van der Waals surface area contributed by atoms with E-state index < -0.39 is 17.7 Å². The lowest BCUT2D eigenvalue weighted by atomic mass is 10.2. The molecule has 1 aromatic carbocycles. The molecule has 1 aromatic heterocycles. The minimum absolute atomic E-state index is 0.0472. The van der Waals surface area contributed by atoms with Gasteiger partial charge >= 0.3 is 6.18 Å². The molecule has 0 unspecified atom stereocenters. The number of halogens is 5. The summed E-state index contributed by atoms with van der Waals surface area (Å²) in [5, 5.41) is 10.1. The van der Waals surface area contributed by atoms with Gasteiger partial charge in [-0.15, -0.1) is 10.2 Å². The first-order chi connectivity index (χ1) is 10.3. The summed E-state index contributed by atoms with van der Waals surface area (Å²) in [7, 11) is 0. The minimum Gasteiger partial charge on any atom is -0.364 e. The maximum atomic E-state index is 12.9. The first kappa shape index (κ1) is 17.1. The Morgan fingerprint density at radius 3 is 2.55 bits per heavy atom. The van der Waals surface area contributed by atoms with E-state index in [-0.39, 0.29) is 11.7 Å². The van der Waals surface area contributed by atoms with Crippen molar-refractivity contribution in [1.82, 2.24) is 15.2 Å². The van der Waals surface area contributed by atoms with Crippen molar-refractivity contribution in [1.29, 1.82) is 0 Å². The second kappa shape index (κ2) is 6.89. The van der Waals surface area contributed by atoms with Crippen LogP contribution in [-0.4, -0.2) is 21.4 Å². The van der Waals surface area contributed by atoms with Gasteiger partial charge in [0.05, 0.1) is 0 Å². The number of thioether (sulfide) groups is 1. The fourth-order valence-electron chi connectivity index (χ4n) is 1.56. The highest BCUT2D eigenvalue weighted by Gasteiger charge is 2.37. The monoisotopic (exact) mass is 368 g/mol. The van der Waals surface area contributed by atoms with E-state index in [0.717, 1.165) is 11.8 Å². The number of nitrogens with zero attached hydrogens (tertiary/aromatic N) is 3. The molecule has 0 radical (unpaired) electrons. The van der Waals surface area contributed by atoms with E-state index in [4.69, 9.17) is 23.2 Å². The number of rotatable bonds is 4. The molecule has 22 heavy (non-hydrogen) atoms. The van der Waals surface area contributed by atoms with Crippen molar-refractivity contribution in [3.63, 3.8) is 0 Å². The van der Waals surface area contributed by atoms with Gasteiger partial charge in [0.1, 0.15) is 0 Å². The number of hydrogen-bond donors (Lipinski definition) is 1. The van der Waals surface area contributed by atoms with Crippen LogP contribution < -0.4 is 5.32 Å². The van der Waals surface area contributed by atoms with Gasteiger partial charge in [-0.05, 0) is 24.0 Å². The van der Waals surface area contributed by atoms with E-state index >= 15 is 0 Å². The van der Waals surface area contributed by atoms with Crippen molar-refractivity contribution in [2.45, 2.75) is 17.9 Å². The van der Waals surface area contributed by atoms with Crippen LogP contribution in [0.2, 0.25) is 10.0 Å². The Labute approximate surface area is 138 Å². The summed E-state index contributed by atoms with van der Waals surface area (Å²) in [5.41, 5.74) is -0.584. The predicted octanol–water partition coefficient (Wildman–Crippen LogP) is 4.53. The number of hydrogen-bond acceptors (Lipinski definition) is 5. The van der Waals surface area contributed by atoms with E-state index in [1.807, 2.05) is 0 Å². The van der Waals surface area contributed by atoms with Gasteiger partial charge in [0.2, 0.25) is 10.9 Å². The van der Waals surface area contributed by atoms with Gasteiger partial charge < -0.3 is 5.32 Å². The third-order valence-electron chi connectivity index (χ3n) is 2.58. The van der Waals surface area contributed by atoms with Crippen molar-refractivity contribution in [3.05, 3.63) is 39.5 Å². The Hall–Kier alpha value is -1.25. The van der Waals surface area contributed by atoms with Crippen LogP contribution >= 0.6 is 35.0 Å². The highest BCUT2D eigenvalue weighted by Crippen LogP contribution is 2.32. The third kappa shape index (κ3) is 4.15. The minimum atomic E-state index is -4.65. The third-order valence-corrected chi connectivity index (χ3v) is 3.70. The van der Waals surface area contributed by atoms with E-state index in [1.54, 1.807) is 18.4 Å². The van der Waals surface area contributed by atoms with Crippen LogP contribution in [0.4, 0.5) is 19.0 Å². The molecule has 4 nitrogen and oxygen atoms in total. The predicted molar refractivity (Wildman–Crippen MR) is 80.4 cm³/mol. The molecule has 0 fully saturated rings. The summed E-state index contributed by atoms with van der Waals surface area (Å²) in [4.78, 5) is 3.81. The van der Waals surface area contributed by atoms with Crippen LogP contribution in [0.5, 0.6) is 0 Å². The van der Waals surface area contributed by atoms with Crippen molar-refractivity contribution < 1.29 is 13.2 Å². The molecule has 0 atom stereocenters. The molecule has 1 heterocycles. The summed E-state index contributed by atoms with van der Waals surface area (Å²) in [5.74, 6) is -0.391. The van der Waals surface area contributed by atoms with Crippen molar-refractivity contribution in [3.8, 4) is 0 Å². The molecule has 0 saturated heterocycles. The van der Waals surface area contributed by atoms with Crippen molar-refractivity contribution in [2.75, 3.05) is 11.6 Å². The van der Waals surface area contributed by atoms with Crippen LogP contribution in [-0.2, 0) is 12.7 Å². The van der Waals surface area contributed by atoms with E-state index in [9.17, 15) is 13.2 Å². The topological polar surface area (TPSA) is 50.7 Å². The average Bonchev–Trinajstić information content (AvgIpc) is 2.45. The fourth-order valence-corrected chi connectivity index (χ4v) is 2.34. The summed E-state index contributed by atoms with van der Waals surface area (Å²) >= 11 is 12.9. The zero-order valence-electron chi connectivity index (χ0n) is 11.1. The van der Waals surface area contributed by atoms with Crippen LogP contribution in [0, 0.1) is 0 Å². The average molecular weight is 369 g/mol. The number of alkyl halides is 3. The molecular weight excluding hydrogens is 360 g/mol. The van der Waals surface area contributed by atoms with E-state index in [0.29, 0.717) is 15.6 Å². The van der Waals surface area contributed by atoms with Gasteiger partial charge in [-0.25, -0.2) is 4.98 Å². The summed E-state index contributed by atoms with van der Waals surface area (Å²) in [6.45, 7) is 0.0472. The summed E-state index contributed by atoms with van der Waals surface area (Å²) in [6.07, 6.45) is -3.01. The summed E-state index contributed by atoms with van der Waals surface area (Å²) < 4.78 is 38.7. The molecule has 0 saturated carbocycles. The molecule has 0 aliphatic rings. The van der Waals surface area contributed by atoms with Crippen molar-refractivity contribution in [2.24, 2.45) is 0 Å². The van der Waals surface area contributed by atoms with Gasteiger partial charge in [-0.1, -0.05) is 41.0 Å². The smallest absolute Gasteiger partial charge is 0.364 e. The molecule has 118 valence electrons. The van der Waals surface area contributed by atoms with Crippen molar-refractivity contribution >= 4 is 40.8 Å². The van der Waals surface area contributed by atoms with Gasteiger partial charge in [0.25, 0.3) is 0 Å². The lowest BCUT2D eigenvalue weighted by Crippen LogP contribution is -2.16. The van der Waals surface area contributed by atoms with Crippen LogP contribution in [0.15, 0.2) is 23.4 Å². The number of benzene rings is 1. The van der Waals surface area contributed by atoms with Gasteiger partial charge in [0.15, 0.2) is 5.82 Å². The number of anilines is 1. The van der Waals surface area contributed by atoms with Gasteiger partial charge in [-0.2, -0.15) is 13.2 Å². The highest BCUT2D eigenvalue weighted by molar-refractivity contribution is 7.98. The van der Waals surface area contributed by atoms with Gasteiger partial charge in [0, 0.05) is 16.6 Å². The normalized spacial score (nSPS) is 11.5. The number of nitrogens with one attached hydrogen (secondary N) is 1. The number of aromatic nitrogens is 3.